The zero-order valence-electron chi connectivity index (χ0n) is 13.7. The number of carbonyl (C=O) groups excluding carboxylic acids is 1. The van der Waals surface area contributed by atoms with Gasteiger partial charge >= 0.3 is 0 Å². The third-order valence-electron chi connectivity index (χ3n) is 3.85. The van der Waals surface area contributed by atoms with Gasteiger partial charge in [0.05, 0.1) is 9.80 Å². The molecule has 0 unspecified atom stereocenters. The van der Waals surface area contributed by atoms with Gasteiger partial charge < -0.3 is 0 Å². The fourth-order valence-electron chi connectivity index (χ4n) is 2.48. The molecule has 134 valence electrons. The van der Waals surface area contributed by atoms with Gasteiger partial charge in [-0.3, -0.25) is 9.69 Å². The Balaban J connectivity index is 1.68. The quantitative estimate of drug-likeness (QED) is 0.612. The number of carbonyl (C=O) groups is 1. The molecule has 1 aliphatic heterocycles. The third-order valence-corrected chi connectivity index (χ3v) is 6.15. The van der Waals surface area contributed by atoms with E-state index in [4.69, 9.17) is 17.4 Å². The molecule has 1 saturated heterocycles. The summed E-state index contributed by atoms with van der Waals surface area (Å²) in [7, 11) is -3.70. The first-order valence-electron chi connectivity index (χ1n) is 7.77. The number of sulfonamides is 1. The molecule has 2 N–H and O–H groups in total. The van der Waals surface area contributed by atoms with Gasteiger partial charge in [0.25, 0.3) is 5.91 Å². The van der Waals surface area contributed by atoms with Gasteiger partial charge in [0.1, 0.15) is 4.32 Å². The first-order chi connectivity index (χ1) is 12.3. The van der Waals surface area contributed by atoms with E-state index in [1.54, 1.807) is 17.0 Å². The smallest absolute Gasteiger partial charge is 0.266 e. The minimum atomic E-state index is -3.70. The second kappa shape index (κ2) is 7.71. The van der Waals surface area contributed by atoms with Gasteiger partial charge in [-0.2, -0.15) is 0 Å². The van der Waals surface area contributed by atoms with Gasteiger partial charge in [0.15, 0.2) is 0 Å². The summed E-state index contributed by atoms with van der Waals surface area (Å²) in [4.78, 5) is 14.8. The number of hydrogen-bond donors (Lipinski definition) is 1. The Kier molecular flexibility index (Phi) is 5.57. The van der Waals surface area contributed by atoms with Gasteiger partial charge in [-0.1, -0.05) is 66.4 Å². The van der Waals surface area contributed by atoms with E-state index in [1.807, 2.05) is 36.4 Å². The van der Waals surface area contributed by atoms with Crippen LogP contribution in [0.5, 0.6) is 0 Å². The average Bonchev–Trinajstić information content (AvgIpc) is 2.87. The van der Waals surface area contributed by atoms with Crippen molar-refractivity contribution < 1.29 is 13.2 Å². The fourth-order valence-corrected chi connectivity index (χ4v) is 4.30. The van der Waals surface area contributed by atoms with Crippen molar-refractivity contribution >= 4 is 50.3 Å². The van der Waals surface area contributed by atoms with Crippen LogP contribution < -0.4 is 5.14 Å². The van der Waals surface area contributed by atoms with E-state index >= 15 is 0 Å². The molecule has 0 bridgehead atoms. The number of hydrogen-bond acceptors (Lipinski definition) is 5. The summed E-state index contributed by atoms with van der Waals surface area (Å²) in [6.45, 7) is 0.436. The predicted molar refractivity (Wildman–Crippen MR) is 108 cm³/mol. The lowest BCUT2D eigenvalue weighted by Gasteiger charge is -2.14. The highest BCUT2D eigenvalue weighted by Crippen LogP contribution is 2.32. The lowest BCUT2D eigenvalue weighted by molar-refractivity contribution is -0.122. The monoisotopic (exact) mass is 404 g/mol. The molecule has 0 radical (unpaired) electrons. The average molecular weight is 405 g/mol. The molecule has 0 atom stereocenters. The maximum atomic E-state index is 12.6. The third kappa shape index (κ3) is 4.39. The van der Waals surface area contributed by atoms with Crippen LogP contribution in [0.15, 0.2) is 64.4 Å². The molecular formula is C18H16N2O3S3. The van der Waals surface area contributed by atoms with Crippen LogP contribution in [0.3, 0.4) is 0 Å². The van der Waals surface area contributed by atoms with E-state index in [-0.39, 0.29) is 10.8 Å². The first kappa shape index (κ1) is 18.8. The summed E-state index contributed by atoms with van der Waals surface area (Å²) in [6.07, 6.45) is 2.40. The largest absolute Gasteiger partial charge is 0.293 e. The Labute approximate surface area is 161 Å². The SMILES string of the molecule is NS(=O)(=O)c1ccc(CCN2C(=O)/C(=C\c3ccccc3)SC2=S)cc1. The predicted octanol–water partition coefficient (Wildman–Crippen LogP) is 2.78. The fraction of sp³-hybridized carbons (Fsp3) is 0.111. The molecule has 2 aromatic carbocycles. The molecule has 0 saturated carbocycles. The van der Waals surface area contributed by atoms with Crippen LogP contribution in [-0.4, -0.2) is 30.1 Å². The maximum absolute atomic E-state index is 12.6. The molecule has 0 spiro atoms. The van der Waals surface area contributed by atoms with Crippen LogP contribution in [0.1, 0.15) is 11.1 Å². The van der Waals surface area contributed by atoms with E-state index in [0.717, 1.165) is 11.1 Å². The van der Waals surface area contributed by atoms with Crippen LogP contribution in [0.2, 0.25) is 0 Å². The molecule has 8 heteroatoms. The molecule has 26 heavy (non-hydrogen) atoms. The van der Waals surface area contributed by atoms with Crippen molar-refractivity contribution in [3.05, 3.63) is 70.6 Å². The summed E-state index contributed by atoms with van der Waals surface area (Å²) in [5, 5.41) is 5.09. The number of nitrogens with two attached hydrogens (primary N) is 1. The summed E-state index contributed by atoms with van der Waals surface area (Å²) in [5.41, 5.74) is 1.85. The van der Waals surface area contributed by atoms with Gasteiger partial charge in [0.2, 0.25) is 10.0 Å². The van der Waals surface area contributed by atoms with Crippen molar-refractivity contribution in [1.29, 1.82) is 0 Å². The molecule has 1 heterocycles. The molecule has 1 fully saturated rings. The lowest BCUT2D eigenvalue weighted by atomic mass is 10.1. The van der Waals surface area contributed by atoms with E-state index in [9.17, 15) is 13.2 Å². The Morgan fingerprint density at radius 3 is 2.35 bits per heavy atom. The zero-order chi connectivity index (χ0) is 18.7. The number of rotatable bonds is 5. The minimum absolute atomic E-state index is 0.0673. The zero-order valence-corrected chi connectivity index (χ0v) is 16.1. The van der Waals surface area contributed by atoms with Crippen molar-refractivity contribution in [3.63, 3.8) is 0 Å². The van der Waals surface area contributed by atoms with Gasteiger partial charge in [-0.25, -0.2) is 13.6 Å². The number of primary sulfonamides is 1. The molecule has 3 rings (SSSR count). The van der Waals surface area contributed by atoms with Crippen LogP contribution >= 0.6 is 24.0 Å². The summed E-state index contributed by atoms with van der Waals surface area (Å²) >= 11 is 6.62. The van der Waals surface area contributed by atoms with Crippen molar-refractivity contribution in [2.75, 3.05) is 6.54 Å². The van der Waals surface area contributed by atoms with E-state index < -0.39 is 10.0 Å². The molecular weight excluding hydrogens is 388 g/mol. The number of benzene rings is 2. The van der Waals surface area contributed by atoms with Gasteiger partial charge in [0, 0.05) is 6.54 Å². The summed E-state index contributed by atoms with van der Waals surface area (Å²) in [6, 6.07) is 15.9. The molecule has 0 aliphatic carbocycles. The lowest BCUT2D eigenvalue weighted by Crippen LogP contribution is -2.30. The topological polar surface area (TPSA) is 80.5 Å². The van der Waals surface area contributed by atoms with E-state index in [2.05, 4.69) is 0 Å². The Hall–Kier alpha value is -2.00. The Morgan fingerprint density at radius 2 is 1.73 bits per heavy atom. The van der Waals surface area contributed by atoms with Crippen LogP contribution in [0, 0.1) is 0 Å². The molecule has 0 aromatic heterocycles. The van der Waals surface area contributed by atoms with Crippen LogP contribution in [0.4, 0.5) is 0 Å². The highest BCUT2D eigenvalue weighted by Gasteiger charge is 2.31. The number of nitrogens with zero attached hydrogens (tertiary/aromatic N) is 1. The molecule has 5 nitrogen and oxygen atoms in total. The van der Waals surface area contributed by atoms with Gasteiger partial charge in [-0.15, -0.1) is 0 Å². The van der Waals surface area contributed by atoms with Gasteiger partial charge in [-0.05, 0) is 35.8 Å². The second-order valence-corrected chi connectivity index (χ2v) is 8.92. The standard InChI is InChI=1S/C18H16N2O3S3/c19-26(22,23)15-8-6-13(7-9-15)10-11-20-17(21)16(25-18(20)24)12-14-4-2-1-3-5-14/h1-9,12H,10-11H2,(H2,19,22,23)/b16-12+. The van der Waals surface area contributed by atoms with Crippen LogP contribution in [0.25, 0.3) is 6.08 Å². The second-order valence-electron chi connectivity index (χ2n) is 5.68. The first-order valence-corrected chi connectivity index (χ1v) is 10.5. The number of thiocarbonyl (C=S) groups is 1. The van der Waals surface area contributed by atoms with Crippen molar-refractivity contribution in [1.82, 2.24) is 4.90 Å². The van der Waals surface area contributed by atoms with Crippen LogP contribution in [-0.2, 0) is 21.2 Å². The Bertz CT molecular complexity index is 969. The van der Waals surface area contributed by atoms with E-state index in [0.29, 0.717) is 22.2 Å². The highest BCUT2D eigenvalue weighted by atomic mass is 32.2. The number of amides is 1. The normalized spacial score (nSPS) is 16.5. The molecule has 1 amide bonds. The maximum Gasteiger partial charge on any atom is 0.266 e. The summed E-state index contributed by atoms with van der Waals surface area (Å²) in [5.74, 6) is -0.106. The minimum Gasteiger partial charge on any atom is -0.293 e. The summed E-state index contributed by atoms with van der Waals surface area (Å²) < 4.78 is 23.1. The van der Waals surface area contributed by atoms with Crippen molar-refractivity contribution in [2.24, 2.45) is 5.14 Å². The Morgan fingerprint density at radius 1 is 1.08 bits per heavy atom. The van der Waals surface area contributed by atoms with E-state index in [1.165, 1.54) is 23.9 Å². The highest BCUT2D eigenvalue weighted by molar-refractivity contribution is 8.26. The van der Waals surface area contributed by atoms with Crippen molar-refractivity contribution in [3.8, 4) is 0 Å². The number of thioether (sulfide) groups is 1. The molecule has 2 aromatic rings. The molecule has 1 aliphatic rings. The van der Waals surface area contributed by atoms with Crippen molar-refractivity contribution in [2.45, 2.75) is 11.3 Å².